The zero-order valence-electron chi connectivity index (χ0n) is 13.5. The average molecular weight is 324 g/mol. The Hall–Kier alpha value is -2.46. The van der Waals surface area contributed by atoms with E-state index in [1.54, 1.807) is 12.3 Å². The summed E-state index contributed by atoms with van der Waals surface area (Å²) in [5.74, 6) is 2.91. The number of likely N-dealkylation sites (tertiary alicyclic amines) is 1. The van der Waals surface area contributed by atoms with Crippen LogP contribution in [-0.2, 0) is 6.54 Å². The lowest BCUT2D eigenvalue weighted by Gasteiger charge is -2.32. The number of pyridine rings is 1. The monoisotopic (exact) mass is 324 g/mol. The average Bonchev–Trinajstić information content (AvgIpc) is 3.36. The molecular weight excluding hydrogens is 304 g/mol. The molecule has 2 aromatic heterocycles. The second-order valence-electron chi connectivity index (χ2n) is 6.59. The van der Waals surface area contributed by atoms with Gasteiger partial charge in [-0.15, -0.1) is 0 Å². The SMILES string of the molecule is N#Cc1ccc(N[C@@H]2CCCN(Cc3noc(C4CC4)n3)C2)nc1. The summed E-state index contributed by atoms with van der Waals surface area (Å²) in [7, 11) is 0. The fourth-order valence-electron chi connectivity index (χ4n) is 3.10. The highest BCUT2D eigenvalue weighted by Gasteiger charge is 2.30. The third-order valence-corrected chi connectivity index (χ3v) is 4.53. The van der Waals surface area contributed by atoms with Crippen LogP contribution in [0.3, 0.4) is 0 Å². The van der Waals surface area contributed by atoms with Crippen molar-refractivity contribution in [1.29, 1.82) is 5.26 Å². The number of hydrogen-bond donors (Lipinski definition) is 1. The van der Waals surface area contributed by atoms with Crippen LogP contribution in [0.15, 0.2) is 22.9 Å². The van der Waals surface area contributed by atoms with Crippen molar-refractivity contribution >= 4 is 5.82 Å². The summed E-state index contributed by atoms with van der Waals surface area (Å²) in [6.45, 7) is 2.70. The van der Waals surface area contributed by atoms with Crippen molar-refractivity contribution in [3.8, 4) is 6.07 Å². The number of hydrogen-bond acceptors (Lipinski definition) is 7. The Kier molecular flexibility index (Phi) is 4.13. The van der Waals surface area contributed by atoms with Gasteiger partial charge >= 0.3 is 0 Å². The first-order valence-corrected chi connectivity index (χ1v) is 8.47. The number of aromatic nitrogens is 3. The molecule has 0 unspecified atom stereocenters. The Morgan fingerprint density at radius 2 is 2.25 bits per heavy atom. The topological polar surface area (TPSA) is 90.9 Å². The number of piperidine rings is 1. The summed E-state index contributed by atoms with van der Waals surface area (Å²) in [5.41, 5.74) is 0.578. The first kappa shape index (κ1) is 15.1. The molecule has 1 saturated heterocycles. The van der Waals surface area contributed by atoms with Gasteiger partial charge in [-0.25, -0.2) is 4.98 Å². The molecular formula is C17H20N6O. The van der Waals surface area contributed by atoms with E-state index >= 15 is 0 Å². The maximum Gasteiger partial charge on any atom is 0.229 e. The van der Waals surface area contributed by atoms with E-state index in [2.05, 4.69) is 31.4 Å². The van der Waals surface area contributed by atoms with Crippen LogP contribution >= 0.6 is 0 Å². The van der Waals surface area contributed by atoms with Gasteiger partial charge in [0.15, 0.2) is 5.82 Å². The highest BCUT2D eigenvalue weighted by atomic mass is 16.5. The fourth-order valence-corrected chi connectivity index (χ4v) is 3.10. The van der Waals surface area contributed by atoms with Gasteiger partial charge in [-0.3, -0.25) is 4.90 Å². The van der Waals surface area contributed by atoms with Crippen molar-refractivity contribution in [2.45, 2.75) is 44.2 Å². The van der Waals surface area contributed by atoms with Crippen molar-refractivity contribution in [1.82, 2.24) is 20.0 Å². The molecule has 1 saturated carbocycles. The number of nitrogens with one attached hydrogen (secondary N) is 1. The molecule has 2 aromatic rings. The summed E-state index contributed by atoms with van der Waals surface area (Å²) in [6.07, 6.45) is 6.19. The van der Waals surface area contributed by atoms with Crippen LogP contribution in [-0.4, -0.2) is 39.2 Å². The lowest BCUT2D eigenvalue weighted by molar-refractivity contribution is 0.201. The molecule has 24 heavy (non-hydrogen) atoms. The van der Waals surface area contributed by atoms with Crippen LogP contribution in [0.4, 0.5) is 5.82 Å². The van der Waals surface area contributed by atoms with Gasteiger partial charge in [0.05, 0.1) is 12.1 Å². The van der Waals surface area contributed by atoms with Crippen LogP contribution in [0.5, 0.6) is 0 Å². The second kappa shape index (κ2) is 6.57. The molecule has 2 fully saturated rings. The van der Waals surface area contributed by atoms with Crippen LogP contribution in [0, 0.1) is 11.3 Å². The molecule has 0 aromatic carbocycles. The quantitative estimate of drug-likeness (QED) is 0.902. The predicted octanol–water partition coefficient (Wildman–Crippen LogP) is 2.29. The Morgan fingerprint density at radius 1 is 1.33 bits per heavy atom. The standard InChI is InChI=1S/C17H20N6O/c18-8-12-3-6-15(19-9-12)20-14-2-1-7-23(10-14)11-16-21-17(24-22-16)13-4-5-13/h3,6,9,13-14H,1-2,4-5,7,10-11H2,(H,19,20)/t14-/m1/s1. The molecule has 3 heterocycles. The van der Waals surface area contributed by atoms with E-state index in [1.165, 1.54) is 12.8 Å². The van der Waals surface area contributed by atoms with Gasteiger partial charge in [-0.2, -0.15) is 10.2 Å². The van der Waals surface area contributed by atoms with E-state index in [0.29, 0.717) is 17.5 Å². The molecule has 7 nitrogen and oxygen atoms in total. The molecule has 2 aliphatic rings. The predicted molar refractivity (Wildman–Crippen MR) is 87.1 cm³/mol. The second-order valence-corrected chi connectivity index (χ2v) is 6.59. The zero-order valence-corrected chi connectivity index (χ0v) is 13.5. The highest BCUT2D eigenvalue weighted by Crippen LogP contribution is 2.38. The summed E-state index contributed by atoms with van der Waals surface area (Å²) in [6, 6.07) is 6.07. The summed E-state index contributed by atoms with van der Waals surface area (Å²) < 4.78 is 5.33. The van der Waals surface area contributed by atoms with Crippen LogP contribution in [0.1, 0.15) is 48.9 Å². The Bertz CT molecular complexity index is 730. The van der Waals surface area contributed by atoms with Crippen molar-refractivity contribution in [3.05, 3.63) is 35.6 Å². The first-order valence-electron chi connectivity index (χ1n) is 8.47. The Morgan fingerprint density at radius 3 is 3.00 bits per heavy atom. The fraction of sp³-hybridized carbons (Fsp3) is 0.529. The lowest BCUT2D eigenvalue weighted by Crippen LogP contribution is -2.41. The molecule has 4 rings (SSSR count). The maximum absolute atomic E-state index is 8.83. The van der Waals surface area contributed by atoms with Crippen molar-refractivity contribution in [2.24, 2.45) is 0 Å². The zero-order chi connectivity index (χ0) is 16.4. The van der Waals surface area contributed by atoms with E-state index < -0.39 is 0 Å². The maximum atomic E-state index is 8.83. The summed E-state index contributed by atoms with van der Waals surface area (Å²) >= 11 is 0. The number of anilines is 1. The molecule has 7 heteroatoms. The molecule has 0 spiro atoms. The minimum Gasteiger partial charge on any atom is -0.366 e. The molecule has 0 bridgehead atoms. The highest BCUT2D eigenvalue weighted by molar-refractivity contribution is 5.39. The minimum atomic E-state index is 0.342. The van der Waals surface area contributed by atoms with Crippen LogP contribution < -0.4 is 5.32 Å². The van der Waals surface area contributed by atoms with Gasteiger partial charge in [-0.1, -0.05) is 5.16 Å². The molecule has 124 valence electrons. The molecule has 1 aliphatic heterocycles. The van der Waals surface area contributed by atoms with Crippen molar-refractivity contribution in [3.63, 3.8) is 0 Å². The lowest BCUT2D eigenvalue weighted by atomic mass is 10.1. The number of nitrogens with zero attached hydrogens (tertiary/aromatic N) is 5. The minimum absolute atomic E-state index is 0.342. The summed E-state index contributed by atoms with van der Waals surface area (Å²) in [5, 5.41) is 16.4. The molecule has 1 atom stereocenters. The first-order chi connectivity index (χ1) is 11.8. The van der Waals surface area contributed by atoms with Crippen molar-refractivity contribution < 1.29 is 4.52 Å². The van der Waals surface area contributed by atoms with E-state index in [1.807, 2.05) is 6.07 Å². The number of nitriles is 1. The van der Waals surface area contributed by atoms with Gasteiger partial charge in [0.1, 0.15) is 11.9 Å². The van der Waals surface area contributed by atoms with Gasteiger partial charge in [0.2, 0.25) is 5.89 Å². The summed E-state index contributed by atoms with van der Waals surface area (Å²) in [4.78, 5) is 11.2. The van der Waals surface area contributed by atoms with Crippen LogP contribution in [0.25, 0.3) is 0 Å². The third kappa shape index (κ3) is 3.54. The Balaban J connectivity index is 1.33. The van der Waals surface area contributed by atoms with E-state index in [-0.39, 0.29) is 0 Å². The van der Waals surface area contributed by atoms with Crippen molar-refractivity contribution in [2.75, 3.05) is 18.4 Å². The van der Waals surface area contributed by atoms with E-state index in [4.69, 9.17) is 9.78 Å². The smallest absolute Gasteiger partial charge is 0.229 e. The van der Waals surface area contributed by atoms with Gasteiger partial charge in [0.25, 0.3) is 0 Å². The Labute approximate surface area is 140 Å². The van der Waals surface area contributed by atoms with Crippen LogP contribution in [0.2, 0.25) is 0 Å². The molecule has 1 aliphatic carbocycles. The third-order valence-electron chi connectivity index (χ3n) is 4.53. The molecule has 1 N–H and O–H groups in total. The largest absolute Gasteiger partial charge is 0.366 e. The van der Waals surface area contributed by atoms with E-state index in [9.17, 15) is 0 Å². The van der Waals surface area contributed by atoms with Gasteiger partial charge in [-0.05, 0) is 44.4 Å². The molecule has 0 amide bonds. The number of rotatable bonds is 5. The normalized spacial score (nSPS) is 21.4. The van der Waals surface area contributed by atoms with Gasteiger partial charge in [0, 0.05) is 24.7 Å². The van der Waals surface area contributed by atoms with E-state index in [0.717, 1.165) is 50.0 Å². The van der Waals surface area contributed by atoms with Gasteiger partial charge < -0.3 is 9.84 Å². The molecule has 0 radical (unpaired) electrons.